The van der Waals surface area contributed by atoms with Gasteiger partial charge in [-0.25, -0.2) is 0 Å². The average Bonchev–Trinajstić information content (AvgIpc) is 2.49. The van der Waals surface area contributed by atoms with E-state index in [0.717, 1.165) is 18.5 Å². The van der Waals surface area contributed by atoms with Crippen LogP contribution >= 0.6 is 0 Å². The molecule has 1 aromatic rings. The lowest BCUT2D eigenvalue weighted by molar-refractivity contribution is -0.178. The van der Waals surface area contributed by atoms with Gasteiger partial charge in [-0.3, -0.25) is 4.79 Å². The first kappa shape index (κ1) is 15.0. The lowest BCUT2D eigenvalue weighted by Crippen LogP contribution is -2.54. The Morgan fingerprint density at radius 3 is 2.60 bits per heavy atom. The molecule has 1 aliphatic heterocycles. The fraction of sp³-hybridized carbons (Fsp3) is 0.588. The second kappa shape index (κ2) is 5.96. The zero-order valence-electron chi connectivity index (χ0n) is 12.9. The lowest BCUT2D eigenvalue weighted by Gasteiger charge is -2.49. The number of benzene rings is 1. The van der Waals surface area contributed by atoms with E-state index in [1.807, 2.05) is 25.1 Å². The molecule has 0 spiro atoms. The Labute approximate surface area is 121 Å². The SMILES string of the molecule is CCC(=O)O[C@]1(c2ccccc2)CCN(C)[C@H](C)[C@H]1C. The molecule has 0 radical (unpaired) electrons. The van der Waals surface area contributed by atoms with E-state index in [-0.39, 0.29) is 11.9 Å². The van der Waals surface area contributed by atoms with E-state index in [1.54, 1.807) is 0 Å². The van der Waals surface area contributed by atoms with Crippen LogP contribution in [0.15, 0.2) is 30.3 Å². The van der Waals surface area contributed by atoms with Crippen molar-refractivity contribution in [1.82, 2.24) is 4.90 Å². The minimum atomic E-state index is -0.486. The Hall–Kier alpha value is -1.35. The molecule has 1 fully saturated rings. The molecule has 3 nitrogen and oxygen atoms in total. The van der Waals surface area contributed by atoms with E-state index in [0.29, 0.717) is 12.5 Å². The third-order valence-electron chi connectivity index (χ3n) is 4.84. The molecule has 1 aliphatic rings. The van der Waals surface area contributed by atoms with Crippen molar-refractivity contribution in [3.8, 4) is 0 Å². The highest BCUT2D eigenvalue weighted by Crippen LogP contribution is 2.43. The van der Waals surface area contributed by atoms with Gasteiger partial charge in [0.15, 0.2) is 0 Å². The highest BCUT2D eigenvalue weighted by Gasteiger charge is 2.47. The van der Waals surface area contributed by atoms with Crippen LogP contribution in [-0.2, 0) is 15.1 Å². The summed E-state index contributed by atoms with van der Waals surface area (Å²) in [6, 6.07) is 10.6. The van der Waals surface area contributed by atoms with Crippen LogP contribution in [0, 0.1) is 5.92 Å². The molecule has 20 heavy (non-hydrogen) atoms. The first-order valence-electron chi connectivity index (χ1n) is 7.49. The number of nitrogens with zero attached hydrogens (tertiary/aromatic N) is 1. The minimum absolute atomic E-state index is 0.113. The molecule has 0 aromatic heterocycles. The highest BCUT2D eigenvalue weighted by molar-refractivity contribution is 5.69. The fourth-order valence-electron chi connectivity index (χ4n) is 3.15. The number of carbonyl (C=O) groups is 1. The zero-order valence-corrected chi connectivity index (χ0v) is 12.9. The molecular formula is C17H25NO2. The predicted octanol–water partition coefficient (Wildman–Crippen LogP) is 3.20. The quantitative estimate of drug-likeness (QED) is 0.793. The van der Waals surface area contributed by atoms with E-state index in [4.69, 9.17) is 4.74 Å². The number of hydrogen-bond donors (Lipinski definition) is 0. The third-order valence-corrected chi connectivity index (χ3v) is 4.84. The van der Waals surface area contributed by atoms with Gasteiger partial charge < -0.3 is 9.64 Å². The summed E-state index contributed by atoms with van der Waals surface area (Å²) in [5.41, 5.74) is 0.634. The van der Waals surface area contributed by atoms with Crippen molar-refractivity contribution >= 4 is 5.97 Å². The summed E-state index contributed by atoms with van der Waals surface area (Å²) in [6.07, 6.45) is 1.27. The van der Waals surface area contributed by atoms with E-state index in [9.17, 15) is 4.79 Å². The first-order chi connectivity index (χ1) is 9.51. The average molecular weight is 275 g/mol. The molecule has 3 heteroatoms. The van der Waals surface area contributed by atoms with Gasteiger partial charge >= 0.3 is 5.97 Å². The van der Waals surface area contributed by atoms with Crippen molar-refractivity contribution in [3.63, 3.8) is 0 Å². The lowest BCUT2D eigenvalue weighted by atomic mass is 9.73. The Bertz CT molecular complexity index is 459. The van der Waals surface area contributed by atoms with Crippen LogP contribution in [0.25, 0.3) is 0 Å². The van der Waals surface area contributed by atoms with Crippen LogP contribution < -0.4 is 0 Å². The minimum Gasteiger partial charge on any atom is -0.454 e. The predicted molar refractivity (Wildman–Crippen MR) is 80.4 cm³/mol. The van der Waals surface area contributed by atoms with Crippen molar-refractivity contribution in [2.24, 2.45) is 5.92 Å². The normalized spacial score (nSPS) is 31.0. The van der Waals surface area contributed by atoms with Crippen LogP contribution in [0.4, 0.5) is 0 Å². The smallest absolute Gasteiger partial charge is 0.306 e. The molecular weight excluding hydrogens is 250 g/mol. The van der Waals surface area contributed by atoms with Gasteiger partial charge in [0.05, 0.1) is 0 Å². The molecule has 1 aromatic carbocycles. The van der Waals surface area contributed by atoms with Gasteiger partial charge in [0.1, 0.15) is 5.60 Å². The summed E-state index contributed by atoms with van der Waals surface area (Å²) < 4.78 is 5.98. The van der Waals surface area contributed by atoms with E-state index < -0.39 is 5.60 Å². The molecule has 0 unspecified atom stereocenters. The second-order valence-electron chi connectivity index (χ2n) is 5.84. The molecule has 0 N–H and O–H groups in total. The summed E-state index contributed by atoms with van der Waals surface area (Å²) in [7, 11) is 2.14. The molecule has 0 bridgehead atoms. The fourth-order valence-corrected chi connectivity index (χ4v) is 3.15. The molecule has 110 valence electrons. The Morgan fingerprint density at radius 2 is 2.00 bits per heavy atom. The maximum absolute atomic E-state index is 12.0. The van der Waals surface area contributed by atoms with Crippen molar-refractivity contribution in [3.05, 3.63) is 35.9 Å². The first-order valence-corrected chi connectivity index (χ1v) is 7.49. The summed E-state index contributed by atoms with van der Waals surface area (Å²) in [5.74, 6) is 0.150. The van der Waals surface area contributed by atoms with Crippen LogP contribution in [0.1, 0.15) is 39.2 Å². The number of likely N-dealkylation sites (tertiary alicyclic amines) is 1. The molecule has 0 amide bonds. The number of carbonyl (C=O) groups excluding carboxylic acids is 1. The van der Waals surface area contributed by atoms with Gasteiger partial charge in [-0.1, -0.05) is 44.2 Å². The molecule has 1 heterocycles. The summed E-state index contributed by atoms with van der Waals surface area (Å²) in [5, 5.41) is 0. The molecule has 0 saturated carbocycles. The highest BCUT2D eigenvalue weighted by atomic mass is 16.6. The van der Waals surface area contributed by atoms with Crippen LogP contribution in [-0.4, -0.2) is 30.5 Å². The molecule has 0 aliphatic carbocycles. The van der Waals surface area contributed by atoms with Crippen molar-refractivity contribution in [2.45, 2.75) is 45.3 Å². The number of piperidine rings is 1. The van der Waals surface area contributed by atoms with Crippen LogP contribution in [0.3, 0.4) is 0 Å². The number of rotatable bonds is 3. The molecule has 1 saturated heterocycles. The second-order valence-corrected chi connectivity index (χ2v) is 5.84. The van der Waals surface area contributed by atoms with Gasteiger partial charge in [0.25, 0.3) is 0 Å². The van der Waals surface area contributed by atoms with Crippen LogP contribution in [0.2, 0.25) is 0 Å². The van der Waals surface area contributed by atoms with Crippen LogP contribution in [0.5, 0.6) is 0 Å². The maximum Gasteiger partial charge on any atom is 0.306 e. The standard InChI is InChI=1S/C17H25NO2/c1-5-16(19)20-17(15-9-7-6-8-10-15)11-12-18(4)14(3)13(17)2/h6-10,13-14H,5,11-12H2,1-4H3/t13-,14-,17-/m1/s1. The van der Waals surface area contributed by atoms with Gasteiger partial charge in [0, 0.05) is 31.3 Å². The van der Waals surface area contributed by atoms with E-state index >= 15 is 0 Å². The number of esters is 1. The Balaban J connectivity index is 2.42. The van der Waals surface area contributed by atoms with Crippen molar-refractivity contribution in [1.29, 1.82) is 0 Å². The molecule has 2 rings (SSSR count). The van der Waals surface area contributed by atoms with E-state index in [1.165, 1.54) is 0 Å². The third kappa shape index (κ3) is 2.59. The number of hydrogen-bond acceptors (Lipinski definition) is 3. The van der Waals surface area contributed by atoms with Crippen molar-refractivity contribution in [2.75, 3.05) is 13.6 Å². The maximum atomic E-state index is 12.0. The Morgan fingerprint density at radius 1 is 1.35 bits per heavy atom. The molecule has 3 atom stereocenters. The largest absolute Gasteiger partial charge is 0.454 e. The summed E-state index contributed by atoms with van der Waals surface area (Å²) in [4.78, 5) is 14.3. The van der Waals surface area contributed by atoms with E-state index in [2.05, 4.69) is 37.9 Å². The Kier molecular flexibility index (Phi) is 4.48. The zero-order chi connectivity index (χ0) is 14.8. The number of ether oxygens (including phenoxy) is 1. The van der Waals surface area contributed by atoms with Gasteiger partial charge in [-0.15, -0.1) is 0 Å². The topological polar surface area (TPSA) is 29.5 Å². The van der Waals surface area contributed by atoms with Crippen molar-refractivity contribution < 1.29 is 9.53 Å². The summed E-state index contributed by atoms with van der Waals surface area (Å²) >= 11 is 0. The van der Waals surface area contributed by atoms with Gasteiger partial charge in [-0.2, -0.15) is 0 Å². The van der Waals surface area contributed by atoms with Gasteiger partial charge in [-0.05, 0) is 19.5 Å². The monoisotopic (exact) mass is 275 g/mol. The summed E-state index contributed by atoms with van der Waals surface area (Å²) in [6.45, 7) is 7.19. The van der Waals surface area contributed by atoms with Gasteiger partial charge in [0.2, 0.25) is 0 Å².